The van der Waals surface area contributed by atoms with E-state index >= 15 is 0 Å². The highest BCUT2D eigenvalue weighted by Gasteiger charge is 2.26. The molecule has 0 saturated carbocycles. The number of nitrogens with zero attached hydrogens (tertiary/aromatic N) is 1. The number of carbonyl (C=O) groups excluding carboxylic acids is 1. The molecule has 0 spiro atoms. The molecular formula is C12H17N3O. The molecule has 86 valence electrons. The highest BCUT2D eigenvalue weighted by atomic mass is 16.1. The molecule has 1 aliphatic carbocycles. The highest BCUT2D eigenvalue weighted by Crippen LogP contribution is 2.31. The lowest BCUT2D eigenvalue weighted by Crippen LogP contribution is -2.23. The Labute approximate surface area is 95.1 Å². The fourth-order valence-corrected chi connectivity index (χ4v) is 2.08. The highest BCUT2D eigenvalue weighted by molar-refractivity contribution is 5.83. The summed E-state index contributed by atoms with van der Waals surface area (Å²) in [4.78, 5) is 11.6. The molecule has 1 aromatic heterocycles. The predicted molar refractivity (Wildman–Crippen MR) is 63.1 cm³/mol. The maximum atomic E-state index is 11.6. The van der Waals surface area contributed by atoms with Crippen LogP contribution < -0.4 is 5.32 Å². The van der Waals surface area contributed by atoms with Crippen molar-refractivity contribution in [2.75, 3.05) is 5.32 Å². The number of hydrogen-bond donors (Lipinski definition) is 2. The van der Waals surface area contributed by atoms with Crippen molar-refractivity contribution in [3.05, 3.63) is 23.5 Å². The van der Waals surface area contributed by atoms with Gasteiger partial charge in [0.15, 0.2) is 5.82 Å². The van der Waals surface area contributed by atoms with Crippen LogP contribution in [0, 0.1) is 12.3 Å². The monoisotopic (exact) mass is 219 g/mol. The van der Waals surface area contributed by atoms with Gasteiger partial charge in [-0.05, 0) is 12.3 Å². The summed E-state index contributed by atoms with van der Waals surface area (Å²) in [6.45, 7) is 6.09. The minimum Gasteiger partial charge on any atom is -0.342 e. The number of anilines is 1. The number of aryl methyl sites for hydroxylation is 1. The number of Topliss-reactive ketones (excluding diaryl/α,β-unsaturated/α-hetero) is 1. The van der Waals surface area contributed by atoms with Crippen LogP contribution in [0.4, 0.5) is 5.82 Å². The molecule has 2 rings (SSSR count). The van der Waals surface area contributed by atoms with Gasteiger partial charge in [-0.15, -0.1) is 0 Å². The van der Waals surface area contributed by atoms with E-state index in [2.05, 4.69) is 35.4 Å². The van der Waals surface area contributed by atoms with Gasteiger partial charge in [-0.2, -0.15) is 5.10 Å². The first-order chi connectivity index (χ1) is 7.44. The fraction of sp³-hybridized carbons (Fsp3) is 0.500. The van der Waals surface area contributed by atoms with Crippen molar-refractivity contribution in [1.82, 2.24) is 10.2 Å². The summed E-state index contributed by atoms with van der Waals surface area (Å²) in [5.74, 6) is 1.05. The van der Waals surface area contributed by atoms with E-state index in [-0.39, 0.29) is 11.2 Å². The molecule has 4 heteroatoms. The molecule has 0 amide bonds. The van der Waals surface area contributed by atoms with E-state index in [0.29, 0.717) is 12.8 Å². The van der Waals surface area contributed by atoms with Gasteiger partial charge in [0.1, 0.15) is 5.78 Å². The van der Waals surface area contributed by atoms with E-state index in [4.69, 9.17) is 0 Å². The number of hydrogen-bond acceptors (Lipinski definition) is 3. The van der Waals surface area contributed by atoms with Crippen LogP contribution in [0.5, 0.6) is 0 Å². The van der Waals surface area contributed by atoms with Gasteiger partial charge in [0.25, 0.3) is 0 Å². The first-order valence-electron chi connectivity index (χ1n) is 5.47. The number of aromatic amines is 1. The number of aromatic nitrogens is 2. The SMILES string of the molecule is Cc1cc(NC2=CC(C)(C)CC(=O)C2)n[nH]1. The summed E-state index contributed by atoms with van der Waals surface area (Å²) < 4.78 is 0. The Hall–Kier alpha value is -1.58. The van der Waals surface area contributed by atoms with Gasteiger partial charge >= 0.3 is 0 Å². The minimum absolute atomic E-state index is 0.0526. The molecule has 16 heavy (non-hydrogen) atoms. The van der Waals surface area contributed by atoms with Crippen molar-refractivity contribution in [1.29, 1.82) is 0 Å². The molecule has 0 aromatic carbocycles. The van der Waals surface area contributed by atoms with Crippen molar-refractivity contribution < 1.29 is 4.79 Å². The third-order valence-electron chi connectivity index (χ3n) is 2.60. The lowest BCUT2D eigenvalue weighted by Gasteiger charge is -2.26. The number of H-pyrrole nitrogens is 1. The largest absolute Gasteiger partial charge is 0.342 e. The minimum atomic E-state index is -0.0526. The second-order valence-corrected chi connectivity index (χ2v) is 5.11. The summed E-state index contributed by atoms with van der Waals surface area (Å²) in [5.41, 5.74) is 1.90. The van der Waals surface area contributed by atoms with E-state index in [1.807, 2.05) is 13.0 Å². The molecule has 0 bridgehead atoms. The Bertz CT molecular complexity index is 443. The number of allylic oxidation sites excluding steroid dienone is 2. The van der Waals surface area contributed by atoms with Crippen LogP contribution in [0.3, 0.4) is 0 Å². The van der Waals surface area contributed by atoms with E-state index < -0.39 is 0 Å². The third-order valence-corrected chi connectivity index (χ3v) is 2.60. The quantitative estimate of drug-likeness (QED) is 0.803. The third kappa shape index (κ3) is 2.51. The molecular weight excluding hydrogens is 202 g/mol. The van der Waals surface area contributed by atoms with Gasteiger partial charge in [0.2, 0.25) is 0 Å². The number of ketones is 1. The topological polar surface area (TPSA) is 57.8 Å². The molecule has 2 N–H and O–H groups in total. The van der Waals surface area contributed by atoms with E-state index in [1.54, 1.807) is 0 Å². The van der Waals surface area contributed by atoms with Crippen molar-refractivity contribution >= 4 is 11.6 Å². The molecule has 0 aliphatic heterocycles. The van der Waals surface area contributed by atoms with E-state index in [0.717, 1.165) is 17.2 Å². The van der Waals surface area contributed by atoms with Gasteiger partial charge in [0.05, 0.1) is 0 Å². The van der Waals surface area contributed by atoms with Crippen LogP contribution >= 0.6 is 0 Å². The average molecular weight is 219 g/mol. The molecule has 1 aliphatic rings. The van der Waals surface area contributed by atoms with Crippen LogP contribution in [-0.2, 0) is 4.79 Å². The summed E-state index contributed by atoms with van der Waals surface area (Å²) in [6, 6.07) is 1.92. The summed E-state index contributed by atoms with van der Waals surface area (Å²) >= 11 is 0. The van der Waals surface area contributed by atoms with Crippen LogP contribution in [0.25, 0.3) is 0 Å². The van der Waals surface area contributed by atoms with E-state index in [1.165, 1.54) is 0 Å². The normalized spacial score (nSPS) is 19.4. The van der Waals surface area contributed by atoms with Crippen LogP contribution in [0.2, 0.25) is 0 Å². The van der Waals surface area contributed by atoms with Crippen molar-refractivity contribution in [2.45, 2.75) is 33.6 Å². The molecule has 1 aromatic rings. The molecule has 4 nitrogen and oxygen atoms in total. The number of nitrogens with one attached hydrogen (secondary N) is 2. The second kappa shape index (κ2) is 3.77. The van der Waals surface area contributed by atoms with Gasteiger partial charge in [-0.25, -0.2) is 0 Å². The summed E-state index contributed by atoms with van der Waals surface area (Å²) in [7, 11) is 0. The van der Waals surface area contributed by atoms with Crippen LogP contribution in [0.1, 0.15) is 32.4 Å². The molecule has 1 heterocycles. The molecule has 0 fully saturated rings. The van der Waals surface area contributed by atoms with Gasteiger partial charge in [-0.3, -0.25) is 9.89 Å². The van der Waals surface area contributed by atoms with Gasteiger partial charge in [-0.1, -0.05) is 19.9 Å². The number of carbonyl (C=O) groups is 1. The Morgan fingerprint density at radius 3 is 2.81 bits per heavy atom. The zero-order valence-corrected chi connectivity index (χ0v) is 9.92. The fourth-order valence-electron chi connectivity index (χ4n) is 2.08. The molecule has 0 radical (unpaired) electrons. The Kier molecular flexibility index (Phi) is 2.58. The zero-order chi connectivity index (χ0) is 11.8. The first kappa shape index (κ1) is 10.9. The van der Waals surface area contributed by atoms with Crippen LogP contribution in [-0.4, -0.2) is 16.0 Å². The van der Waals surface area contributed by atoms with E-state index in [9.17, 15) is 4.79 Å². The van der Waals surface area contributed by atoms with Crippen molar-refractivity contribution in [3.8, 4) is 0 Å². The lowest BCUT2D eigenvalue weighted by molar-refractivity contribution is -0.120. The molecule has 0 unspecified atom stereocenters. The lowest BCUT2D eigenvalue weighted by atomic mass is 9.81. The van der Waals surface area contributed by atoms with Gasteiger partial charge in [0, 0.05) is 30.3 Å². The maximum Gasteiger partial charge on any atom is 0.152 e. The zero-order valence-electron chi connectivity index (χ0n) is 9.92. The Morgan fingerprint density at radius 1 is 1.50 bits per heavy atom. The standard InChI is InChI=1S/C12H17N3O/c1-8-4-11(15-14-8)13-9-5-10(16)7-12(2,3)6-9/h4,6H,5,7H2,1-3H3,(H2,13,14,15). The summed E-state index contributed by atoms with van der Waals surface area (Å²) in [5, 5.41) is 10.1. The smallest absolute Gasteiger partial charge is 0.152 e. The maximum absolute atomic E-state index is 11.6. The van der Waals surface area contributed by atoms with Crippen molar-refractivity contribution in [2.24, 2.45) is 5.41 Å². The van der Waals surface area contributed by atoms with Gasteiger partial charge < -0.3 is 5.32 Å². The Morgan fingerprint density at radius 2 is 2.25 bits per heavy atom. The second-order valence-electron chi connectivity index (χ2n) is 5.11. The van der Waals surface area contributed by atoms with Crippen molar-refractivity contribution in [3.63, 3.8) is 0 Å². The summed E-state index contributed by atoms with van der Waals surface area (Å²) in [6.07, 6.45) is 3.23. The van der Waals surface area contributed by atoms with Crippen LogP contribution in [0.15, 0.2) is 17.8 Å². The molecule has 0 atom stereocenters. The molecule has 0 saturated heterocycles. The Balaban J connectivity index is 2.15. The predicted octanol–water partition coefficient (Wildman–Crippen LogP) is 2.40. The first-order valence-corrected chi connectivity index (χ1v) is 5.47. The number of rotatable bonds is 2. The average Bonchev–Trinajstić information content (AvgIpc) is 2.46.